The second kappa shape index (κ2) is 23.2. The first kappa shape index (κ1) is 31.0. The van der Waals surface area contributed by atoms with Crippen LogP contribution in [0.15, 0.2) is 0 Å². The molecule has 0 amide bonds. The van der Waals surface area contributed by atoms with Gasteiger partial charge in [-0.05, 0) is 12.8 Å². The summed E-state index contributed by atoms with van der Waals surface area (Å²) in [4.78, 5) is 22.6. The number of hydrogen-bond acceptors (Lipinski definition) is 4. The van der Waals surface area contributed by atoms with Crippen molar-refractivity contribution in [3.63, 3.8) is 0 Å². The Morgan fingerprint density at radius 3 is 1.42 bits per heavy atom. The van der Waals surface area contributed by atoms with Crippen molar-refractivity contribution in [1.29, 1.82) is 0 Å². The van der Waals surface area contributed by atoms with Gasteiger partial charge in [-0.15, -0.1) is 4.67 Å². The fourth-order valence-electron chi connectivity index (χ4n) is 3.69. The Morgan fingerprint density at radius 2 is 1.00 bits per heavy atom. The van der Waals surface area contributed by atoms with Crippen molar-refractivity contribution in [3.05, 3.63) is 0 Å². The second-order valence-corrected chi connectivity index (χ2v) is 9.89. The van der Waals surface area contributed by atoms with Crippen molar-refractivity contribution in [2.75, 3.05) is 6.61 Å². The minimum absolute atomic E-state index is 0.528. The molecule has 0 fully saturated rings. The largest absolute Gasteiger partial charge is 0.496 e. The van der Waals surface area contributed by atoms with Crippen LogP contribution in [0.1, 0.15) is 142 Å². The molecule has 1 unspecified atom stereocenters. The van der Waals surface area contributed by atoms with E-state index in [0.717, 1.165) is 25.7 Å². The second-order valence-electron chi connectivity index (χ2n) is 8.76. The van der Waals surface area contributed by atoms with E-state index in [1.165, 1.54) is 96.3 Å². The van der Waals surface area contributed by atoms with Gasteiger partial charge in [0.25, 0.3) is 0 Å². The Balaban J connectivity index is 3.70. The van der Waals surface area contributed by atoms with Gasteiger partial charge in [0.15, 0.2) is 6.29 Å². The Hall–Kier alpha value is 0.0300. The fraction of sp³-hybridized carbons (Fsp3) is 1.00. The van der Waals surface area contributed by atoms with E-state index in [9.17, 15) is 4.57 Å². The number of hydrogen-bond donors (Lipinski definition) is 2. The standard InChI is InChI=1S/C24H51O6P/c1-3-5-7-9-11-12-13-14-15-16-17-18-20-22-24(29-30-31(25,26)27)28-23-21-19-10-8-6-4-2/h24H,3-23H2,1-2H3,(H2,25,26,27). The summed E-state index contributed by atoms with van der Waals surface area (Å²) in [7, 11) is -4.65. The predicted molar refractivity (Wildman–Crippen MR) is 128 cm³/mol. The molecule has 7 heteroatoms. The van der Waals surface area contributed by atoms with E-state index in [1.807, 2.05) is 0 Å². The van der Waals surface area contributed by atoms with Crippen molar-refractivity contribution in [1.82, 2.24) is 0 Å². The van der Waals surface area contributed by atoms with Crippen LogP contribution in [0, 0.1) is 0 Å². The molecule has 2 N–H and O–H groups in total. The lowest BCUT2D eigenvalue weighted by molar-refractivity contribution is -0.329. The van der Waals surface area contributed by atoms with Gasteiger partial charge in [0, 0.05) is 13.0 Å². The van der Waals surface area contributed by atoms with Crippen LogP contribution in [0.4, 0.5) is 0 Å². The lowest BCUT2D eigenvalue weighted by Gasteiger charge is -2.17. The van der Waals surface area contributed by atoms with Crippen molar-refractivity contribution in [3.8, 4) is 0 Å². The molecule has 0 bridgehead atoms. The van der Waals surface area contributed by atoms with Crippen LogP contribution >= 0.6 is 7.82 Å². The highest BCUT2D eigenvalue weighted by Crippen LogP contribution is 2.36. The predicted octanol–water partition coefficient (Wildman–Crippen LogP) is 8.21. The van der Waals surface area contributed by atoms with E-state index in [0.29, 0.717) is 13.0 Å². The number of phosphoric acid groups is 1. The van der Waals surface area contributed by atoms with Crippen LogP contribution in [0.25, 0.3) is 0 Å². The molecule has 0 aromatic carbocycles. The topological polar surface area (TPSA) is 85.2 Å². The maximum absolute atomic E-state index is 10.9. The Labute approximate surface area is 192 Å². The summed E-state index contributed by atoms with van der Waals surface area (Å²) < 4.78 is 20.8. The van der Waals surface area contributed by atoms with Gasteiger partial charge in [0.1, 0.15) is 0 Å². The normalized spacial score (nSPS) is 13.0. The molecular formula is C24H51O6P. The van der Waals surface area contributed by atoms with Crippen molar-refractivity contribution in [2.24, 2.45) is 0 Å². The molecule has 0 spiro atoms. The number of ether oxygens (including phenoxy) is 1. The van der Waals surface area contributed by atoms with Crippen LogP contribution < -0.4 is 0 Å². The van der Waals surface area contributed by atoms with Crippen LogP contribution in [-0.4, -0.2) is 22.7 Å². The lowest BCUT2D eigenvalue weighted by atomic mass is 10.0. The molecular weight excluding hydrogens is 415 g/mol. The molecule has 31 heavy (non-hydrogen) atoms. The summed E-state index contributed by atoms with van der Waals surface area (Å²) in [5.41, 5.74) is 0. The van der Waals surface area contributed by atoms with Gasteiger partial charge in [-0.2, -0.15) is 4.89 Å². The average Bonchev–Trinajstić information content (AvgIpc) is 2.73. The SMILES string of the molecule is CCCCCCCCCCCCCCCC(OCCCCCCCC)OOP(=O)(O)O. The van der Waals surface area contributed by atoms with Crippen molar-refractivity contribution >= 4 is 7.82 Å². The average molecular weight is 467 g/mol. The van der Waals surface area contributed by atoms with Crippen LogP contribution in [0.5, 0.6) is 0 Å². The molecule has 1 atom stereocenters. The van der Waals surface area contributed by atoms with E-state index >= 15 is 0 Å². The van der Waals surface area contributed by atoms with E-state index in [1.54, 1.807) is 0 Å². The maximum atomic E-state index is 10.9. The van der Waals surface area contributed by atoms with Gasteiger partial charge in [-0.25, -0.2) is 4.57 Å². The van der Waals surface area contributed by atoms with Crippen LogP contribution in [0.2, 0.25) is 0 Å². The summed E-state index contributed by atoms with van der Waals surface area (Å²) in [6.45, 7) is 4.98. The van der Waals surface area contributed by atoms with Gasteiger partial charge in [0.05, 0.1) is 0 Å². The minimum Gasteiger partial charge on any atom is -0.350 e. The molecule has 188 valence electrons. The van der Waals surface area contributed by atoms with Gasteiger partial charge in [-0.1, -0.05) is 123 Å². The molecule has 0 radical (unpaired) electrons. The Morgan fingerprint density at radius 1 is 0.613 bits per heavy atom. The first-order chi connectivity index (χ1) is 15.0. The Kier molecular flexibility index (Phi) is 23.2. The molecule has 0 aromatic heterocycles. The summed E-state index contributed by atoms with van der Waals surface area (Å²) in [6, 6.07) is 0. The first-order valence-electron chi connectivity index (χ1n) is 13.0. The summed E-state index contributed by atoms with van der Waals surface area (Å²) in [5, 5.41) is 0. The highest BCUT2D eigenvalue weighted by atomic mass is 31.2. The van der Waals surface area contributed by atoms with Crippen molar-refractivity contribution in [2.45, 2.75) is 149 Å². The van der Waals surface area contributed by atoms with Gasteiger partial charge in [-0.3, -0.25) is 0 Å². The summed E-state index contributed by atoms with van der Waals surface area (Å²) in [6.07, 6.45) is 23.5. The van der Waals surface area contributed by atoms with Gasteiger partial charge < -0.3 is 14.5 Å². The third-order valence-electron chi connectivity index (χ3n) is 5.59. The minimum atomic E-state index is -4.65. The lowest BCUT2D eigenvalue weighted by Crippen LogP contribution is -2.18. The molecule has 0 heterocycles. The van der Waals surface area contributed by atoms with E-state index in [4.69, 9.17) is 19.4 Å². The van der Waals surface area contributed by atoms with Gasteiger partial charge >= 0.3 is 7.82 Å². The number of rotatable bonds is 25. The zero-order valence-corrected chi connectivity index (χ0v) is 21.3. The molecule has 0 aliphatic carbocycles. The quantitative estimate of drug-likeness (QED) is 0.0463. The molecule has 0 rings (SSSR count). The maximum Gasteiger partial charge on any atom is 0.496 e. The number of unbranched alkanes of at least 4 members (excludes halogenated alkanes) is 17. The van der Waals surface area contributed by atoms with Crippen molar-refractivity contribution < 1.29 is 28.7 Å². The molecule has 0 aromatic rings. The molecule has 0 saturated heterocycles. The zero-order chi connectivity index (χ0) is 23.0. The third-order valence-corrected chi connectivity index (χ3v) is 5.87. The van der Waals surface area contributed by atoms with Crippen LogP contribution in [-0.2, 0) is 18.9 Å². The highest BCUT2D eigenvalue weighted by Gasteiger charge is 2.20. The summed E-state index contributed by atoms with van der Waals surface area (Å²) in [5.74, 6) is 0. The van der Waals surface area contributed by atoms with Crippen LogP contribution in [0.3, 0.4) is 0 Å². The summed E-state index contributed by atoms with van der Waals surface area (Å²) >= 11 is 0. The monoisotopic (exact) mass is 466 g/mol. The van der Waals surface area contributed by atoms with E-state index in [2.05, 4.69) is 18.5 Å². The Bertz CT molecular complexity index is 402. The molecule has 0 aliphatic heterocycles. The zero-order valence-electron chi connectivity index (χ0n) is 20.4. The first-order valence-corrected chi connectivity index (χ1v) is 14.5. The van der Waals surface area contributed by atoms with E-state index in [-0.39, 0.29) is 0 Å². The van der Waals surface area contributed by atoms with E-state index < -0.39 is 14.1 Å². The molecule has 0 aliphatic rings. The molecule has 6 nitrogen and oxygen atoms in total. The fourth-order valence-corrected chi connectivity index (χ4v) is 3.90. The van der Waals surface area contributed by atoms with Gasteiger partial charge in [0.2, 0.25) is 0 Å². The smallest absolute Gasteiger partial charge is 0.350 e. The highest BCUT2D eigenvalue weighted by molar-refractivity contribution is 7.46. The molecule has 0 saturated carbocycles. The third kappa shape index (κ3) is 26.2.